The number of anilines is 2. The van der Waals surface area contributed by atoms with Crippen LogP contribution in [-0.2, 0) is 4.79 Å². The van der Waals surface area contributed by atoms with Crippen molar-refractivity contribution in [2.75, 3.05) is 17.2 Å². The normalized spacial score (nSPS) is 11.8. The van der Waals surface area contributed by atoms with Crippen LogP contribution in [0.2, 0.25) is 0 Å². The maximum Gasteiger partial charge on any atom is 0.247 e. The second-order valence-electron chi connectivity index (χ2n) is 6.62. The fourth-order valence-electron chi connectivity index (χ4n) is 3.14. The second kappa shape index (κ2) is 8.86. The van der Waals surface area contributed by atoms with Crippen molar-refractivity contribution in [3.8, 4) is 10.4 Å². The highest BCUT2D eigenvalue weighted by molar-refractivity contribution is 7.21. The molecule has 150 valence electrons. The van der Waals surface area contributed by atoms with Crippen LogP contribution in [0, 0.1) is 0 Å². The maximum atomic E-state index is 11.6. The van der Waals surface area contributed by atoms with E-state index in [1.807, 2.05) is 60.7 Å². The van der Waals surface area contributed by atoms with Crippen LogP contribution < -0.4 is 10.6 Å². The van der Waals surface area contributed by atoms with Crippen molar-refractivity contribution in [2.24, 2.45) is 0 Å². The van der Waals surface area contributed by atoms with Crippen molar-refractivity contribution in [3.63, 3.8) is 0 Å². The third-order valence-corrected chi connectivity index (χ3v) is 5.72. The highest BCUT2D eigenvalue weighted by atomic mass is 32.1. The number of benzene rings is 2. The molecule has 1 atom stereocenters. The van der Waals surface area contributed by atoms with Crippen LogP contribution in [0.15, 0.2) is 79.6 Å². The molecule has 0 radical (unpaired) electrons. The Bertz CT molecular complexity index is 1190. The number of nitrogens with one attached hydrogen (secondary N) is 2. The molecule has 0 spiro atoms. The fraction of sp³-hybridized carbons (Fsp3) is 0.0870. The summed E-state index contributed by atoms with van der Waals surface area (Å²) in [5.74, 6) is 0.415. The number of hydrogen-bond donors (Lipinski definition) is 3. The summed E-state index contributed by atoms with van der Waals surface area (Å²) in [5, 5.41) is 16.9. The van der Waals surface area contributed by atoms with Gasteiger partial charge in [0.15, 0.2) is 0 Å². The molecule has 3 N–H and O–H groups in total. The Morgan fingerprint density at radius 1 is 1.13 bits per heavy atom. The van der Waals surface area contributed by atoms with Crippen molar-refractivity contribution in [2.45, 2.75) is 6.04 Å². The van der Waals surface area contributed by atoms with Crippen molar-refractivity contribution >= 4 is 39.0 Å². The number of carbonyl (C=O) groups excluding carboxylic acids is 1. The molecule has 0 aliphatic heterocycles. The van der Waals surface area contributed by atoms with Crippen LogP contribution >= 0.6 is 11.3 Å². The Morgan fingerprint density at radius 2 is 1.97 bits per heavy atom. The smallest absolute Gasteiger partial charge is 0.247 e. The Labute approximate surface area is 177 Å². The highest BCUT2D eigenvalue weighted by Gasteiger charge is 2.15. The molecule has 4 rings (SSSR count). The van der Waals surface area contributed by atoms with Crippen LogP contribution in [0.4, 0.5) is 11.5 Å². The molecule has 0 saturated carbocycles. The lowest BCUT2D eigenvalue weighted by Crippen LogP contribution is -2.15. The van der Waals surface area contributed by atoms with E-state index in [0.29, 0.717) is 11.5 Å². The quantitative estimate of drug-likeness (QED) is 0.383. The van der Waals surface area contributed by atoms with E-state index in [9.17, 15) is 9.90 Å². The van der Waals surface area contributed by atoms with Crippen molar-refractivity contribution in [1.82, 2.24) is 9.97 Å². The molecular formula is C23H20N4O2S. The van der Waals surface area contributed by atoms with Gasteiger partial charge in [-0.15, -0.1) is 11.3 Å². The Morgan fingerprint density at radius 3 is 2.73 bits per heavy atom. The minimum absolute atomic E-state index is 0.0580. The summed E-state index contributed by atoms with van der Waals surface area (Å²) >= 11 is 1.54. The topological polar surface area (TPSA) is 87.1 Å². The van der Waals surface area contributed by atoms with Crippen LogP contribution in [0.25, 0.3) is 20.7 Å². The van der Waals surface area contributed by atoms with Gasteiger partial charge >= 0.3 is 0 Å². The van der Waals surface area contributed by atoms with Crippen LogP contribution in [-0.4, -0.2) is 27.6 Å². The van der Waals surface area contributed by atoms with Gasteiger partial charge in [0.1, 0.15) is 17.0 Å². The Kier molecular flexibility index (Phi) is 5.83. The van der Waals surface area contributed by atoms with Gasteiger partial charge in [-0.25, -0.2) is 9.97 Å². The predicted octanol–water partition coefficient (Wildman–Crippen LogP) is 4.63. The number of amides is 1. The van der Waals surface area contributed by atoms with E-state index in [4.69, 9.17) is 0 Å². The second-order valence-corrected chi connectivity index (χ2v) is 7.65. The van der Waals surface area contributed by atoms with Gasteiger partial charge in [0, 0.05) is 10.6 Å². The zero-order valence-electron chi connectivity index (χ0n) is 16.1. The lowest BCUT2D eigenvalue weighted by atomic mass is 10.1. The number of rotatable bonds is 7. The molecule has 1 unspecified atom stereocenters. The van der Waals surface area contributed by atoms with Crippen LogP contribution in [0.3, 0.4) is 0 Å². The SMILES string of the molecule is C=CC(=O)Nc1cccc(-c2cc3c(NC(CO)c4ccccc4)ncnc3s2)c1. The first kappa shape index (κ1) is 19.8. The van der Waals surface area contributed by atoms with E-state index in [1.54, 1.807) is 11.3 Å². The van der Waals surface area contributed by atoms with Crippen LogP contribution in [0.5, 0.6) is 0 Å². The first-order chi connectivity index (χ1) is 14.7. The number of nitrogens with zero attached hydrogens (tertiary/aromatic N) is 2. The van der Waals surface area contributed by atoms with Gasteiger partial charge in [-0.1, -0.05) is 49.0 Å². The zero-order chi connectivity index (χ0) is 20.9. The number of fused-ring (bicyclic) bond motifs is 1. The summed E-state index contributed by atoms with van der Waals surface area (Å²) in [6, 6.07) is 19.1. The van der Waals surface area contributed by atoms with Crippen molar-refractivity contribution in [1.29, 1.82) is 0 Å². The molecule has 7 heteroatoms. The van der Waals surface area contributed by atoms with E-state index in [1.165, 1.54) is 12.4 Å². The number of aromatic nitrogens is 2. The minimum Gasteiger partial charge on any atom is -0.394 e. The summed E-state index contributed by atoms with van der Waals surface area (Å²) in [7, 11) is 0. The number of aliphatic hydroxyl groups is 1. The Balaban J connectivity index is 1.66. The van der Waals surface area contributed by atoms with Crippen molar-refractivity contribution in [3.05, 3.63) is 85.2 Å². The number of hydrogen-bond acceptors (Lipinski definition) is 6. The maximum absolute atomic E-state index is 11.6. The lowest BCUT2D eigenvalue weighted by molar-refractivity contribution is -0.111. The summed E-state index contributed by atoms with van der Waals surface area (Å²) < 4.78 is 0. The number of thiophene rings is 1. The van der Waals surface area contributed by atoms with Gasteiger partial charge in [-0.2, -0.15) is 0 Å². The molecular weight excluding hydrogens is 396 g/mol. The largest absolute Gasteiger partial charge is 0.394 e. The first-order valence-corrected chi connectivity index (χ1v) is 10.2. The summed E-state index contributed by atoms with van der Waals surface area (Å²) in [6.45, 7) is 3.42. The summed E-state index contributed by atoms with van der Waals surface area (Å²) in [4.78, 5) is 22.2. The predicted molar refractivity (Wildman–Crippen MR) is 122 cm³/mol. The first-order valence-electron chi connectivity index (χ1n) is 9.38. The van der Waals surface area contributed by atoms with Gasteiger partial charge < -0.3 is 15.7 Å². The molecule has 0 saturated heterocycles. The average Bonchev–Trinajstić information content (AvgIpc) is 3.23. The number of aliphatic hydroxyl groups excluding tert-OH is 1. The summed E-state index contributed by atoms with van der Waals surface area (Å²) in [5.41, 5.74) is 2.64. The molecule has 0 fully saturated rings. The lowest BCUT2D eigenvalue weighted by Gasteiger charge is -2.17. The molecule has 30 heavy (non-hydrogen) atoms. The van der Waals surface area contributed by atoms with Gasteiger partial charge in [-0.05, 0) is 35.4 Å². The van der Waals surface area contributed by atoms with E-state index in [-0.39, 0.29) is 18.6 Å². The summed E-state index contributed by atoms with van der Waals surface area (Å²) in [6.07, 6.45) is 2.76. The zero-order valence-corrected chi connectivity index (χ0v) is 16.9. The third-order valence-electron chi connectivity index (χ3n) is 4.62. The molecule has 0 aliphatic carbocycles. The molecule has 2 aromatic heterocycles. The molecule has 2 heterocycles. The van der Waals surface area contributed by atoms with Gasteiger partial charge in [0.05, 0.1) is 18.0 Å². The fourth-order valence-corrected chi connectivity index (χ4v) is 4.14. The average molecular weight is 417 g/mol. The minimum atomic E-state index is -0.273. The monoisotopic (exact) mass is 416 g/mol. The van der Waals surface area contributed by atoms with Crippen molar-refractivity contribution < 1.29 is 9.90 Å². The van der Waals surface area contributed by atoms with Gasteiger partial charge in [0.2, 0.25) is 5.91 Å². The molecule has 0 bridgehead atoms. The molecule has 6 nitrogen and oxygen atoms in total. The standard InChI is InChI=1S/C23H20N4O2S/c1-2-21(29)26-17-10-6-9-16(11-17)20-12-18-22(24-14-25-23(18)30-20)27-19(13-28)15-7-4-3-5-8-15/h2-12,14,19,28H,1,13H2,(H,26,29)(H,24,25,27). The molecule has 1 amide bonds. The Hall–Kier alpha value is -3.55. The van der Waals surface area contributed by atoms with Gasteiger partial charge in [0.25, 0.3) is 0 Å². The molecule has 0 aliphatic rings. The highest BCUT2D eigenvalue weighted by Crippen LogP contribution is 2.36. The third kappa shape index (κ3) is 4.22. The van der Waals surface area contributed by atoms with Gasteiger partial charge in [-0.3, -0.25) is 4.79 Å². The molecule has 4 aromatic rings. The molecule has 2 aromatic carbocycles. The van der Waals surface area contributed by atoms with E-state index in [0.717, 1.165) is 26.2 Å². The van der Waals surface area contributed by atoms with E-state index >= 15 is 0 Å². The number of carbonyl (C=O) groups is 1. The van der Waals surface area contributed by atoms with Crippen LogP contribution in [0.1, 0.15) is 11.6 Å². The van der Waals surface area contributed by atoms with E-state index in [2.05, 4.69) is 27.2 Å². The van der Waals surface area contributed by atoms with E-state index < -0.39 is 0 Å².